The van der Waals surface area contributed by atoms with Crippen LogP contribution in [0.15, 0.2) is 140 Å². The molecular formula is C49H40O6. The van der Waals surface area contributed by atoms with E-state index in [2.05, 4.69) is 66.7 Å². The highest BCUT2D eigenvalue weighted by atomic mass is 16.5. The van der Waals surface area contributed by atoms with Gasteiger partial charge < -0.3 is 19.7 Å². The number of benzene rings is 6. The van der Waals surface area contributed by atoms with E-state index in [1.807, 2.05) is 24.3 Å². The number of aromatic carboxylic acids is 2. The number of carboxylic acid groups (broad SMARTS) is 2. The first kappa shape index (κ1) is 33.4. The van der Waals surface area contributed by atoms with E-state index in [1.165, 1.54) is 66.3 Å². The lowest BCUT2D eigenvalue weighted by molar-refractivity contribution is -0.00522. The van der Waals surface area contributed by atoms with Crippen molar-refractivity contribution in [2.24, 2.45) is 17.8 Å². The zero-order valence-corrected chi connectivity index (χ0v) is 30.3. The molecule has 6 aromatic rings. The summed E-state index contributed by atoms with van der Waals surface area (Å²) in [4.78, 5) is 22.8. The Kier molecular flexibility index (Phi) is 7.74. The van der Waals surface area contributed by atoms with Crippen molar-refractivity contribution in [3.05, 3.63) is 178 Å². The van der Waals surface area contributed by atoms with Gasteiger partial charge in [-0.25, -0.2) is 9.59 Å². The zero-order valence-electron chi connectivity index (χ0n) is 30.3. The third kappa shape index (κ3) is 5.53. The van der Waals surface area contributed by atoms with Gasteiger partial charge in [0.05, 0.1) is 16.5 Å². The maximum atomic E-state index is 11.4. The van der Waals surface area contributed by atoms with Crippen molar-refractivity contribution in [2.45, 2.75) is 49.4 Å². The summed E-state index contributed by atoms with van der Waals surface area (Å²) >= 11 is 0. The fourth-order valence-electron chi connectivity index (χ4n) is 11.0. The predicted molar refractivity (Wildman–Crippen MR) is 211 cm³/mol. The molecule has 55 heavy (non-hydrogen) atoms. The summed E-state index contributed by atoms with van der Waals surface area (Å²) < 4.78 is 12.4. The number of carbonyl (C=O) groups is 2. The van der Waals surface area contributed by atoms with Gasteiger partial charge in [0.25, 0.3) is 0 Å². The Morgan fingerprint density at radius 3 is 1.33 bits per heavy atom. The second-order valence-electron chi connectivity index (χ2n) is 16.2. The molecule has 0 spiro atoms. The molecule has 5 aliphatic carbocycles. The van der Waals surface area contributed by atoms with E-state index in [1.54, 1.807) is 48.5 Å². The summed E-state index contributed by atoms with van der Waals surface area (Å²) in [6.45, 7) is 0. The van der Waals surface area contributed by atoms with Crippen LogP contribution in [0.3, 0.4) is 0 Å². The van der Waals surface area contributed by atoms with E-state index in [0.717, 1.165) is 28.9 Å². The van der Waals surface area contributed by atoms with Crippen molar-refractivity contribution in [3.8, 4) is 34.1 Å². The lowest BCUT2D eigenvalue weighted by Gasteiger charge is -2.57. The first-order valence-corrected chi connectivity index (χ1v) is 19.3. The van der Waals surface area contributed by atoms with Crippen LogP contribution in [0.4, 0.5) is 0 Å². The van der Waals surface area contributed by atoms with Crippen LogP contribution in [-0.2, 0) is 10.8 Å². The number of hydrogen-bond donors (Lipinski definition) is 2. The summed E-state index contributed by atoms with van der Waals surface area (Å²) in [5.74, 6) is 3.01. The number of ether oxygens (including phenoxy) is 2. The number of carboxylic acids is 2. The predicted octanol–water partition coefficient (Wildman–Crippen LogP) is 11.5. The summed E-state index contributed by atoms with van der Waals surface area (Å²) in [6.07, 6.45) is 8.06. The van der Waals surface area contributed by atoms with Crippen LogP contribution in [-0.4, -0.2) is 22.2 Å². The van der Waals surface area contributed by atoms with Crippen molar-refractivity contribution in [1.82, 2.24) is 0 Å². The molecule has 4 fully saturated rings. The summed E-state index contributed by atoms with van der Waals surface area (Å²) in [5.41, 5.74) is 8.74. The fraction of sp³-hybridized carbons (Fsp3) is 0.224. The van der Waals surface area contributed by atoms with Gasteiger partial charge in [0.15, 0.2) is 0 Å². The van der Waals surface area contributed by atoms with E-state index >= 15 is 0 Å². The van der Waals surface area contributed by atoms with E-state index in [4.69, 9.17) is 9.47 Å². The van der Waals surface area contributed by atoms with E-state index < -0.39 is 17.4 Å². The molecule has 4 saturated carbocycles. The van der Waals surface area contributed by atoms with Gasteiger partial charge in [-0.1, -0.05) is 66.7 Å². The summed E-state index contributed by atoms with van der Waals surface area (Å²) in [5, 5.41) is 18.7. The van der Waals surface area contributed by atoms with Crippen LogP contribution in [0.1, 0.15) is 87.1 Å². The molecule has 4 bridgehead atoms. The van der Waals surface area contributed by atoms with Gasteiger partial charge >= 0.3 is 11.9 Å². The van der Waals surface area contributed by atoms with Gasteiger partial charge in [0, 0.05) is 0 Å². The molecule has 0 amide bonds. The third-order valence-electron chi connectivity index (χ3n) is 12.9. The zero-order chi connectivity index (χ0) is 37.3. The smallest absolute Gasteiger partial charge is 0.335 e. The van der Waals surface area contributed by atoms with Gasteiger partial charge in [-0.3, -0.25) is 0 Å². The number of rotatable bonds is 9. The third-order valence-corrected chi connectivity index (χ3v) is 12.9. The standard InChI is InChI=1S/C49H40O6/c50-46(51)33-5-14-38(15-6-33)54-40-18-9-35(10-19-40)49(36-11-20-41(21-12-36)55-39-16-7-34(8-17-39)47(52)53)44-4-2-1-3-42(44)43-22-13-37(26-45(43)49)48-27-30-23-31(28-48)25-32(24-30)29-48/h1-22,26,30-32H,23-25,27-29H2,(H,50,51)(H,52,53). The highest BCUT2D eigenvalue weighted by Gasteiger charge is 2.53. The molecule has 272 valence electrons. The molecule has 6 nitrogen and oxygen atoms in total. The Labute approximate surface area is 320 Å². The van der Waals surface area contributed by atoms with Crippen molar-refractivity contribution in [2.75, 3.05) is 0 Å². The second-order valence-corrected chi connectivity index (χ2v) is 16.2. The Morgan fingerprint density at radius 2 is 0.873 bits per heavy atom. The molecule has 0 aromatic heterocycles. The maximum Gasteiger partial charge on any atom is 0.335 e. The Hall–Kier alpha value is -6.14. The molecule has 0 saturated heterocycles. The molecule has 6 heteroatoms. The summed E-state index contributed by atoms with van der Waals surface area (Å²) in [7, 11) is 0. The molecule has 0 unspecified atom stereocenters. The SMILES string of the molecule is O=C(O)c1ccc(Oc2ccc(C3(c4ccc(Oc5ccc(C(=O)O)cc5)cc4)c4ccccc4-c4ccc(C56CC7CC(CC(C7)C5)C6)cc43)cc2)cc1. The molecular weight excluding hydrogens is 685 g/mol. The quantitative estimate of drug-likeness (QED) is 0.154. The molecule has 5 aliphatic rings. The minimum atomic E-state index is -0.973. The monoisotopic (exact) mass is 724 g/mol. The van der Waals surface area contributed by atoms with Crippen LogP contribution in [0.5, 0.6) is 23.0 Å². The molecule has 0 radical (unpaired) electrons. The largest absolute Gasteiger partial charge is 0.478 e. The first-order valence-electron chi connectivity index (χ1n) is 19.3. The minimum Gasteiger partial charge on any atom is -0.478 e. The second kappa shape index (κ2) is 12.7. The fourth-order valence-corrected chi connectivity index (χ4v) is 11.0. The van der Waals surface area contributed by atoms with Crippen LogP contribution >= 0.6 is 0 Å². The molecule has 0 heterocycles. The van der Waals surface area contributed by atoms with E-state index in [0.29, 0.717) is 23.0 Å². The van der Waals surface area contributed by atoms with Crippen molar-refractivity contribution < 1.29 is 29.3 Å². The first-order chi connectivity index (χ1) is 26.8. The minimum absolute atomic E-state index is 0.212. The van der Waals surface area contributed by atoms with Gasteiger partial charge in [0.2, 0.25) is 0 Å². The number of fused-ring (bicyclic) bond motifs is 3. The average molecular weight is 725 g/mol. The van der Waals surface area contributed by atoms with Gasteiger partial charge in [0.1, 0.15) is 23.0 Å². The highest BCUT2D eigenvalue weighted by Crippen LogP contribution is 2.63. The van der Waals surface area contributed by atoms with Gasteiger partial charge in [-0.15, -0.1) is 0 Å². The average Bonchev–Trinajstić information content (AvgIpc) is 3.49. The molecule has 0 aliphatic heterocycles. The van der Waals surface area contributed by atoms with E-state index in [-0.39, 0.29) is 16.5 Å². The normalized spacial score (nSPS) is 22.4. The molecule has 11 rings (SSSR count). The maximum absolute atomic E-state index is 11.4. The lowest BCUT2D eigenvalue weighted by atomic mass is 9.48. The topological polar surface area (TPSA) is 93.1 Å². The van der Waals surface area contributed by atoms with Gasteiger partial charge in [-0.05, 0) is 173 Å². The van der Waals surface area contributed by atoms with Crippen LogP contribution in [0, 0.1) is 17.8 Å². The van der Waals surface area contributed by atoms with Crippen LogP contribution in [0.2, 0.25) is 0 Å². The van der Waals surface area contributed by atoms with Gasteiger partial charge in [-0.2, -0.15) is 0 Å². The van der Waals surface area contributed by atoms with Crippen molar-refractivity contribution in [1.29, 1.82) is 0 Å². The molecule has 2 N–H and O–H groups in total. The Morgan fingerprint density at radius 1 is 0.473 bits per heavy atom. The molecule has 6 aromatic carbocycles. The lowest BCUT2D eigenvalue weighted by Crippen LogP contribution is -2.48. The highest BCUT2D eigenvalue weighted by molar-refractivity contribution is 5.88. The van der Waals surface area contributed by atoms with Crippen molar-refractivity contribution in [3.63, 3.8) is 0 Å². The van der Waals surface area contributed by atoms with Crippen LogP contribution < -0.4 is 9.47 Å². The Balaban J connectivity index is 1.09. The van der Waals surface area contributed by atoms with Crippen molar-refractivity contribution >= 4 is 11.9 Å². The molecule has 0 atom stereocenters. The van der Waals surface area contributed by atoms with Crippen LogP contribution in [0.25, 0.3) is 11.1 Å². The Bertz CT molecular complexity index is 2310. The number of hydrogen-bond acceptors (Lipinski definition) is 4. The summed E-state index contributed by atoms with van der Waals surface area (Å²) in [6, 6.07) is 45.8. The van der Waals surface area contributed by atoms with E-state index in [9.17, 15) is 19.8 Å².